The van der Waals surface area contributed by atoms with E-state index in [1.54, 1.807) is 0 Å². The van der Waals surface area contributed by atoms with Gasteiger partial charge in [-0.2, -0.15) is 0 Å². The number of hydrogen-bond donors (Lipinski definition) is 1. The molecular weight excluding hydrogens is 200 g/mol. The molecule has 1 N–H and O–H groups in total. The Kier molecular flexibility index (Phi) is 4.08. The van der Waals surface area contributed by atoms with E-state index >= 15 is 0 Å². The van der Waals surface area contributed by atoms with Crippen molar-refractivity contribution in [3.63, 3.8) is 0 Å². The molecule has 0 unspecified atom stereocenters. The molecule has 3 nitrogen and oxygen atoms in total. The van der Waals surface area contributed by atoms with E-state index in [4.69, 9.17) is 0 Å². The maximum atomic E-state index is 12.0. The molecule has 1 atom stereocenters. The smallest absolute Gasteiger partial charge is 0.317 e. The highest BCUT2D eigenvalue weighted by molar-refractivity contribution is 5.74. The van der Waals surface area contributed by atoms with E-state index in [0.717, 1.165) is 19.0 Å². The minimum Gasteiger partial charge on any atom is -0.335 e. The van der Waals surface area contributed by atoms with Gasteiger partial charge < -0.3 is 10.2 Å². The standard InChI is InChI=1S/C13H24N2O/c1-2-11-8-9-15(10-11)13(16)14-12-6-4-3-5-7-12/h11-12H,2-10H2,1H3,(H,14,16)/t11-/m0/s1. The molecule has 3 heteroatoms. The van der Waals surface area contributed by atoms with Crippen LogP contribution >= 0.6 is 0 Å². The molecule has 0 aromatic heterocycles. The third-order valence-corrected chi connectivity index (χ3v) is 4.08. The zero-order valence-corrected chi connectivity index (χ0v) is 10.4. The Bertz CT molecular complexity index is 236. The summed E-state index contributed by atoms with van der Waals surface area (Å²) in [5.41, 5.74) is 0. The number of likely N-dealkylation sites (tertiary alicyclic amines) is 1. The van der Waals surface area contributed by atoms with E-state index in [9.17, 15) is 4.79 Å². The van der Waals surface area contributed by atoms with Crippen molar-refractivity contribution in [3.8, 4) is 0 Å². The third-order valence-electron chi connectivity index (χ3n) is 4.08. The van der Waals surface area contributed by atoms with Crippen LogP contribution in [0.5, 0.6) is 0 Å². The highest BCUT2D eigenvalue weighted by Crippen LogP contribution is 2.21. The summed E-state index contributed by atoms with van der Waals surface area (Å²) in [5, 5.41) is 3.19. The van der Waals surface area contributed by atoms with Gasteiger partial charge in [-0.05, 0) is 25.2 Å². The number of nitrogens with zero attached hydrogens (tertiary/aromatic N) is 1. The normalized spacial score (nSPS) is 27.1. The van der Waals surface area contributed by atoms with Crippen LogP contribution in [0, 0.1) is 5.92 Å². The summed E-state index contributed by atoms with van der Waals surface area (Å²) in [5.74, 6) is 0.733. The Morgan fingerprint density at radius 2 is 2.00 bits per heavy atom. The second-order valence-corrected chi connectivity index (χ2v) is 5.29. The lowest BCUT2D eigenvalue weighted by Crippen LogP contribution is -2.44. The van der Waals surface area contributed by atoms with Gasteiger partial charge >= 0.3 is 6.03 Å². The summed E-state index contributed by atoms with van der Waals surface area (Å²) in [6.07, 6.45) is 8.65. The lowest BCUT2D eigenvalue weighted by molar-refractivity contribution is 0.198. The average Bonchev–Trinajstić information content (AvgIpc) is 2.79. The van der Waals surface area contributed by atoms with E-state index in [2.05, 4.69) is 12.2 Å². The van der Waals surface area contributed by atoms with Crippen LogP contribution < -0.4 is 5.32 Å². The zero-order valence-electron chi connectivity index (χ0n) is 10.4. The molecule has 1 aliphatic heterocycles. The van der Waals surface area contributed by atoms with Gasteiger partial charge in [0.25, 0.3) is 0 Å². The van der Waals surface area contributed by atoms with Gasteiger partial charge in [-0.1, -0.05) is 32.6 Å². The number of amides is 2. The first-order valence-electron chi connectivity index (χ1n) is 6.85. The molecule has 1 aliphatic carbocycles. The van der Waals surface area contributed by atoms with Crippen LogP contribution in [0.25, 0.3) is 0 Å². The van der Waals surface area contributed by atoms with Gasteiger partial charge in [0.2, 0.25) is 0 Å². The van der Waals surface area contributed by atoms with E-state index in [1.165, 1.54) is 44.9 Å². The van der Waals surface area contributed by atoms with Crippen molar-refractivity contribution < 1.29 is 4.79 Å². The van der Waals surface area contributed by atoms with E-state index in [0.29, 0.717) is 6.04 Å². The van der Waals surface area contributed by atoms with Crippen molar-refractivity contribution >= 4 is 6.03 Å². The van der Waals surface area contributed by atoms with Crippen molar-refractivity contribution in [1.29, 1.82) is 0 Å². The first-order chi connectivity index (χ1) is 7.79. The molecular formula is C13H24N2O. The van der Waals surface area contributed by atoms with Gasteiger partial charge in [0, 0.05) is 19.1 Å². The number of nitrogens with one attached hydrogen (secondary N) is 1. The number of carbonyl (C=O) groups excluding carboxylic acids is 1. The number of urea groups is 1. The zero-order chi connectivity index (χ0) is 11.4. The van der Waals surface area contributed by atoms with Gasteiger partial charge in [0.15, 0.2) is 0 Å². The first-order valence-corrected chi connectivity index (χ1v) is 6.85. The van der Waals surface area contributed by atoms with E-state index in [-0.39, 0.29) is 6.03 Å². The minimum atomic E-state index is 0.183. The van der Waals surface area contributed by atoms with Gasteiger partial charge in [-0.3, -0.25) is 0 Å². The fraction of sp³-hybridized carbons (Fsp3) is 0.923. The van der Waals surface area contributed by atoms with Crippen molar-refractivity contribution in [1.82, 2.24) is 10.2 Å². The van der Waals surface area contributed by atoms with Crippen molar-refractivity contribution in [2.45, 2.75) is 57.9 Å². The maximum absolute atomic E-state index is 12.0. The van der Waals surface area contributed by atoms with Crippen LogP contribution in [0.2, 0.25) is 0 Å². The predicted molar refractivity (Wildman–Crippen MR) is 65.4 cm³/mol. The second kappa shape index (κ2) is 5.55. The number of hydrogen-bond acceptors (Lipinski definition) is 1. The molecule has 2 rings (SSSR count). The Labute approximate surface area is 98.6 Å². The van der Waals surface area contributed by atoms with Crippen LogP contribution in [0.15, 0.2) is 0 Å². The maximum Gasteiger partial charge on any atom is 0.317 e. The quantitative estimate of drug-likeness (QED) is 0.768. The van der Waals surface area contributed by atoms with Crippen molar-refractivity contribution in [2.24, 2.45) is 5.92 Å². The Hall–Kier alpha value is -0.730. The van der Waals surface area contributed by atoms with Crippen LogP contribution in [-0.4, -0.2) is 30.1 Å². The molecule has 0 aromatic rings. The Morgan fingerprint density at radius 1 is 1.25 bits per heavy atom. The molecule has 1 heterocycles. The van der Waals surface area contributed by atoms with Crippen LogP contribution in [0.4, 0.5) is 4.79 Å². The molecule has 2 fully saturated rings. The topological polar surface area (TPSA) is 32.3 Å². The lowest BCUT2D eigenvalue weighted by atomic mass is 9.96. The Balaban J connectivity index is 1.75. The predicted octanol–water partition coefficient (Wildman–Crippen LogP) is 2.76. The van der Waals surface area contributed by atoms with Crippen LogP contribution in [0.3, 0.4) is 0 Å². The number of rotatable bonds is 2. The van der Waals surface area contributed by atoms with E-state index in [1.807, 2.05) is 4.90 Å². The molecule has 1 saturated heterocycles. The molecule has 0 aromatic carbocycles. The third kappa shape index (κ3) is 2.89. The average molecular weight is 224 g/mol. The molecule has 92 valence electrons. The minimum absolute atomic E-state index is 0.183. The molecule has 0 bridgehead atoms. The molecule has 0 radical (unpaired) electrons. The lowest BCUT2D eigenvalue weighted by Gasteiger charge is -2.26. The van der Waals surface area contributed by atoms with Crippen LogP contribution in [0.1, 0.15) is 51.9 Å². The summed E-state index contributed by atoms with van der Waals surface area (Å²) in [6.45, 7) is 4.14. The summed E-state index contributed by atoms with van der Waals surface area (Å²) < 4.78 is 0. The molecule has 2 amide bonds. The van der Waals surface area contributed by atoms with Crippen molar-refractivity contribution in [2.75, 3.05) is 13.1 Å². The van der Waals surface area contributed by atoms with Gasteiger partial charge in [0.05, 0.1) is 0 Å². The summed E-state index contributed by atoms with van der Waals surface area (Å²) >= 11 is 0. The van der Waals surface area contributed by atoms with Gasteiger partial charge in [0.1, 0.15) is 0 Å². The van der Waals surface area contributed by atoms with E-state index < -0.39 is 0 Å². The second-order valence-electron chi connectivity index (χ2n) is 5.29. The first kappa shape index (κ1) is 11.7. The fourth-order valence-electron chi connectivity index (χ4n) is 2.86. The monoisotopic (exact) mass is 224 g/mol. The highest BCUT2D eigenvalue weighted by Gasteiger charge is 2.26. The highest BCUT2D eigenvalue weighted by atomic mass is 16.2. The molecule has 16 heavy (non-hydrogen) atoms. The van der Waals surface area contributed by atoms with Crippen molar-refractivity contribution in [3.05, 3.63) is 0 Å². The van der Waals surface area contributed by atoms with Gasteiger partial charge in [-0.15, -0.1) is 0 Å². The summed E-state index contributed by atoms with van der Waals surface area (Å²) in [4.78, 5) is 14.0. The molecule has 0 spiro atoms. The number of carbonyl (C=O) groups is 1. The van der Waals surface area contributed by atoms with Crippen LogP contribution in [-0.2, 0) is 0 Å². The fourth-order valence-corrected chi connectivity index (χ4v) is 2.86. The van der Waals surface area contributed by atoms with Gasteiger partial charge in [-0.25, -0.2) is 4.79 Å². The SMILES string of the molecule is CC[C@H]1CCN(C(=O)NC2CCCCC2)C1. The molecule has 2 aliphatic rings. The largest absolute Gasteiger partial charge is 0.335 e. The summed E-state index contributed by atoms with van der Waals surface area (Å²) in [7, 11) is 0. The summed E-state index contributed by atoms with van der Waals surface area (Å²) in [6, 6.07) is 0.629. The molecule has 1 saturated carbocycles. The Morgan fingerprint density at radius 3 is 2.62 bits per heavy atom.